The second kappa shape index (κ2) is 4.82. The zero-order chi connectivity index (χ0) is 15.5. The number of benzene rings is 1. The van der Waals surface area contributed by atoms with Gasteiger partial charge in [-0.05, 0) is 61.5 Å². The summed E-state index contributed by atoms with van der Waals surface area (Å²) in [7, 11) is 3.98. The molecule has 2 aliphatic carbocycles. The Labute approximate surface area is 132 Å². The van der Waals surface area contributed by atoms with Crippen LogP contribution in [-0.2, 0) is 16.6 Å². The molecule has 0 aromatic heterocycles. The Morgan fingerprint density at radius 3 is 2.91 bits per heavy atom. The Bertz CT molecular complexity index is 626. The molecule has 22 heavy (non-hydrogen) atoms. The largest absolute Gasteiger partial charge is 0.497 e. The van der Waals surface area contributed by atoms with Crippen LogP contribution < -0.4 is 4.74 Å². The molecule has 0 amide bonds. The van der Waals surface area contributed by atoms with Crippen LogP contribution in [0.4, 0.5) is 0 Å². The van der Waals surface area contributed by atoms with Gasteiger partial charge in [0.05, 0.1) is 7.11 Å². The molecule has 1 saturated heterocycles. The van der Waals surface area contributed by atoms with E-state index < -0.39 is 0 Å². The number of likely N-dealkylation sites (tertiary alicyclic amines) is 1. The smallest absolute Gasteiger partial charge is 0.134 e. The van der Waals surface area contributed by atoms with E-state index in [0.717, 1.165) is 38.0 Å². The van der Waals surface area contributed by atoms with Crippen LogP contribution in [0.15, 0.2) is 18.2 Å². The van der Waals surface area contributed by atoms with Gasteiger partial charge in [-0.25, -0.2) is 0 Å². The summed E-state index contributed by atoms with van der Waals surface area (Å²) < 4.78 is 5.47. The molecule has 118 valence electrons. The van der Waals surface area contributed by atoms with Crippen molar-refractivity contribution in [1.29, 1.82) is 0 Å². The molecular formula is C19H25NO2. The van der Waals surface area contributed by atoms with Crippen LogP contribution in [0.2, 0.25) is 0 Å². The number of Topliss-reactive ketones (excluding diaryl/α,β-unsaturated/α-hetero) is 1. The highest BCUT2D eigenvalue weighted by Gasteiger charge is 2.57. The van der Waals surface area contributed by atoms with Gasteiger partial charge in [-0.3, -0.25) is 4.79 Å². The average molecular weight is 299 g/mol. The number of hydrogen-bond acceptors (Lipinski definition) is 3. The molecule has 1 aromatic rings. The molecule has 0 N–H and O–H groups in total. The lowest BCUT2D eigenvalue weighted by Crippen LogP contribution is -2.63. The van der Waals surface area contributed by atoms with E-state index >= 15 is 0 Å². The molecule has 0 spiro atoms. The minimum absolute atomic E-state index is 0.0497. The third-order valence-electron chi connectivity index (χ3n) is 6.49. The topological polar surface area (TPSA) is 29.5 Å². The molecule has 4 atom stereocenters. The van der Waals surface area contributed by atoms with E-state index in [4.69, 9.17) is 4.74 Å². The molecule has 1 heterocycles. The van der Waals surface area contributed by atoms with Crippen LogP contribution >= 0.6 is 0 Å². The van der Waals surface area contributed by atoms with Crippen LogP contribution in [0, 0.1) is 11.8 Å². The van der Waals surface area contributed by atoms with Gasteiger partial charge < -0.3 is 9.64 Å². The van der Waals surface area contributed by atoms with E-state index in [0.29, 0.717) is 23.7 Å². The molecule has 1 aromatic carbocycles. The second-order valence-electron chi connectivity index (χ2n) is 7.60. The predicted octanol–water partition coefficient (Wildman–Crippen LogP) is 2.81. The van der Waals surface area contributed by atoms with Crippen molar-refractivity contribution in [2.75, 3.05) is 20.7 Å². The molecule has 3 heteroatoms. The van der Waals surface area contributed by atoms with Crippen LogP contribution in [0.5, 0.6) is 5.75 Å². The van der Waals surface area contributed by atoms with E-state index in [-0.39, 0.29) is 5.41 Å². The maximum Gasteiger partial charge on any atom is 0.134 e. The van der Waals surface area contributed by atoms with Gasteiger partial charge in [0.2, 0.25) is 0 Å². The lowest BCUT2D eigenvalue weighted by molar-refractivity contribution is -0.130. The normalized spacial score (nSPS) is 37.4. The van der Waals surface area contributed by atoms with Gasteiger partial charge in [-0.2, -0.15) is 0 Å². The fraction of sp³-hybridized carbons (Fsp3) is 0.632. The van der Waals surface area contributed by atoms with Crippen molar-refractivity contribution in [2.45, 2.75) is 44.1 Å². The lowest BCUT2D eigenvalue weighted by Gasteiger charge is -2.60. The van der Waals surface area contributed by atoms with Crippen LogP contribution in [0.1, 0.15) is 37.3 Å². The lowest BCUT2D eigenvalue weighted by atomic mass is 9.49. The number of ketones is 1. The highest BCUT2D eigenvalue weighted by molar-refractivity contribution is 5.82. The molecule has 4 rings (SSSR count). The molecule has 0 radical (unpaired) electrons. The van der Waals surface area contributed by atoms with Crippen molar-refractivity contribution < 1.29 is 9.53 Å². The molecule has 4 unspecified atom stereocenters. The van der Waals surface area contributed by atoms with E-state index in [2.05, 4.69) is 37.1 Å². The number of hydrogen-bond donors (Lipinski definition) is 0. The average Bonchev–Trinajstić information content (AvgIpc) is 2.50. The van der Waals surface area contributed by atoms with E-state index in [1.807, 2.05) is 0 Å². The SMILES string of the molecule is COc1ccc2c(c1)C13CCN(C)C(C2)C1C(C)CC(=O)C3. The summed E-state index contributed by atoms with van der Waals surface area (Å²) in [4.78, 5) is 15.0. The summed E-state index contributed by atoms with van der Waals surface area (Å²) in [6.07, 6.45) is 3.70. The monoisotopic (exact) mass is 299 g/mol. The Balaban J connectivity index is 1.92. The number of carbonyl (C=O) groups excluding carboxylic acids is 1. The maximum absolute atomic E-state index is 12.4. The van der Waals surface area contributed by atoms with Crippen molar-refractivity contribution in [2.24, 2.45) is 11.8 Å². The van der Waals surface area contributed by atoms with Gasteiger partial charge in [-0.1, -0.05) is 13.0 Å². The van der Waals surface area contributed by atoms with Crippen LogP contribution in [0.3, 0.4) is 0 Å². The Kier molecular flexibility index (Phi) is 3.12. The number of piperidine rings is 1. The number of fused-ring (bicyclic) bond motifs is 1. The number of ether oxygens (including phenoxy) is 1. The standard InChI is InChI=1S/C19H25NO2/c1-12-8-14(21)11-19-6-7-20(2)17(18(12)19)9-13-4-5-15(22-3)10-16(13)19/h4-5,10,12,17-18H,6-9,11H2,1-3H3. The highest BCUT2D eigenvalue weighted by Crippen LogP contribution is 2.56. The fourth-order valence-corrected chi connectivity index (χ4v) is 5.63. The first-order chi connectivity index (χ1) is 10.5. The number of rotatable bonds is 1. The van der Waals surface area contributed by atoms with E-state index in [9.17, 15) is 4.79 Å². The van der Waals surface area contributed by atoms with Gasteiger partial charge >= 0.3 is 0 Å². The summed E-state index contributed by atoms with van der Waals surface area (Å²) in [5, 5.41) is 0. The second-order valence-corrected chi connectivity index (χ2v) is 7.60. The van der Waals surface area contributed by atoms with Gasteiger partial charge in [0, 0.05) is 24.3 Å². The third-order valence-corrected chi connectivity index (χ3v) is 6.49. The molecule has 1 saturated carbocycles. The summed E-state index contributed by atoms with van der Waals surface area (Å²) >= 11 is 0. The Hall–Kier alpha value is -1.35. The number of likely N-dealkylation sites (N-methyl/N-ethyl adjacent to an activating group) is 1. The van der Waals surface area contributed by atoms with Gasteiger partial charge in [0.1, 0.15) is 11.5 Å². The summed E-state index contributed by atoms with van der Waals surface area (Å²) in [5.41, 5.74) is 2.88. The predicted molar refractivity (Wildman–Crippen MR) is 86.3 cm³/mol. The summed E-state index contributed by atoms with van der Waals surface area (Å²) in [6, 6.07) is 7.09. The number of nitrogens with zero attached hydrogens (tertiary/aromatic N) is 1. The Morgan fingerprint density at radius 2 is 2.14 bits per heavy atom. The zero-order valence-electron chi connectivity index (χ0n) is 13.8. The minimum Gasteiger partial charge on any atom is -0.497 e. The molecule has 2 fully saturated rings. The molecule has 1 aliphatic heterocycles. The fourth-order valence-electron chi connectivity index (χ4n) is 5.63. The van der Waals surface area contributed by atoms with Crippen LogP contribution in [0.25, 0.3) is 0 Å². The summed E-state index contributed by atoms with van der Waals surface area (Å²) in [5.74, 6) is 2.45. The highest BCUT2D eigenvalue weighted by atomic mass is 16.5. The number of methoxy groups -OCH3 is 1. The molecule has 2 bridgehead atoms. The van der Waals surface area contributed by atoms with Crippen molar-refractivity contribution in [3.05, 3.63) is 29.3 Å². The van der Waals surface area contributed by atoms with Crippen LogP contribution in [-0.4, -0.2) is 37.4 Å². The van der Waals surface area contributed by atoms with Gasteiger partial charge in [0.25, 0.3) is 0 Å². The Morgan fingerprint density at radius 1 is 1.32 bits per heavy atom. The van der Waals surface area contributed by atoms with Gasteiger partial charge in [0.15, 0.2) is 0 Å². The molecule has 3 nitrogen and oxygen atoms in total. The first kappa shape index (κ1) is 14.3. The van der Waals surface area contributed by atoms with Crippen molar-refractivity contribution in [3.8, 4) is 5.75 Å². The van der Waals surface area contributed by atoms with Crippen molar-refractivity contribution >= 4 is 5.78 Å². The first-order valence-electron chi connectivity index (χ1n) is 8.44. The van der Waals surface area contributed by atoms with Crippen molar-refractivity contribution in [3.63, 3.8) is 0 Å². The third kappa shape index (κ3) is 1.81. The molecular weight excluding hydrogens is 274 g/mol. The zero-order valence-corrected chi connectivity index (χ0v) is 13.8. The van der Waals surface area contributed by atoms with Crippen molar-refractivity contribution in [1.82, 2.24) is 4.90 Å². The van der Waals surface area contributed by atoms with E-state index in [1.54, 1.807) is 7.11 Å². The van der Waals surface area contributed by atoms with Gasteiger partial charge in [-0.15, -0.1) is 0 Å². The maximum atomic E-state index is 12.4. The van der Waals surface area contributed by atoms with E-state index in [1.165, 1.54) is 11.1 Å². The minimum atomic E-state index is 0.0497. The summed E-state index contributed by atoms with van der Waals surface area (Å²) in [6.45, 7) is 3.38. The molecule has 3 aliphatic rings. The number of carbonyl (C=O) groups is 1. The first-order valence-corrected chi connectivity index (χ1v) is 8.44. The quantitative estimate of drug-likeness (QED) is 0.798.